The van der Waals surface area contributed by atoms with Crippen molar-refractivity contribution in [3.8, 4) is 6.07 Å². The second-order valence-corrected chi connectivity index (χ2v) is 6.83. The summed E-state index contributed by atoms with van der Waals surface area (Å²) in [7, 11) is 1.33. The van der Waals surface area contributed by atoms with Gasteiger partial charge in [-0.25, -0.2) is 9.78 Å². The Morgan fingerprint density at radius 1 is 0.771 bits per heavy atom. The van der Waals surface area contributed by atoms with E-state index in [4.69, 9.17) is 5.26 Å². The van der Waals surface area contributed by atoms with E-state index in [0.29, 0.717) is 24.2 Å². The fourth-order valence-corrected chi connectivity index (χ4v) is 2.67. The molecule has 2 aromatic carbocycles. The van der Waals surface area contributed by atoms with Gasteiger partial charge in [0.2, 0.25) is 0 Å². The number of rotatable bonds is 5. The molecule has 0 spiro atoms. The van der Waals surface area contributed by atoms with Crippen molar-refractivity contribution in [1.29, 1.82) is 5.26 Å². The molecule has 0 amide bonds. The predicted octanol–water partition coefficient (Wildman–Crippen LogP) is 2.24. The Kier molecular flexibility index (Phi) is 14.9. The quantitative estimate of drug-likeness (QED) is 0.250. The van der Waals surface area contributed by atoms with Crippen molar-refractivity contribution in [2.24, 2.45) is 0 Å². The van der Waals surface area contributed by atoms with Crippen molar-refractivity contribution < 1.29 is 45.3 Å². The molecule has 0 saturated heterocycles. The van der Waals surface area contributed by atoms with Crippen molar-refractivity contribution >= 4 is 11.8 Å². The first-order valence-electron chi connectivity index (χ1n) is 10.5. The number of hydrogen-bond donors (Lipinski definition) is 0. The molecule has 35 heavy (non-hydrogen) atoms. The number of nitriles is 1. The van der Waals surface area contributed by atoms with Gasteiger partial charge in [-0.15, -0.1) is 0 Å². The summed E-state index contributed by atoms with van der Waals surface area (Å²) in [4.78, 5) is 30.3. The summed E-state index contributed by atoms with van der Waals surface area (Å²) in [5, 5.41) is 8.27. The normalized spacial score (nSPS) is 8.91. The number of benzene rings is 2. The van der Waals surface area contributed by atoms with Gasteiger partial charge in [-0.1, -0.05) is 72.8 Å². The molecule has 6 nitrogen and oxygen atoms in total. The van der Waals surface area contributed by atoms with Gasteiger partial charge >= 0.3 is 35.5 Å². The molecule has 0 radical (unpaired) electrons. The molecular formula is C28H26N3NaO3. The van der Waals surface area contributed by atoms with Gasteiger partial charge < -0.3 is 6.16 Å². The second kappa shape index (κ2) is 17.8. The number of aromatic nitrogens is 2. The molecule has 0 aliphatic carbocycles. The maximum atomic E-state index is 11.8. The van der Waals surface area contributed by atoms with Crippen LogP contribution in [-0.2, 0) is 17.6 Å². The summed E-state index contributed by atoms with van der Waals surface area (Å²) in [5.41, 5.74) is 2.97. The zero-order chi connectivity index (χ0) is 24.4. The van der Waals surface area contributed by atoms with Crippen LogP contribution in [0.4, 0.5) is 0 Å². The van der Waals surface area contributed by atoms with Crippen molar-refractivity contribution in [3.05, 3.63) is 132 Å². The third kappa shape index (κ3) is 11.9. The molecule has 0 bridgehead atoms. The van der Waals surface area contributed by atoms with E-state index in [1.54, 1.807) is 42.7 Å². The zero-order valence-corrected chi connectivity index (χ0v) is 21.9. The number of ether oxygens (including phenoxy) is 1. The number of esters is 1. The molecule has 7 heteroatoms. The van der Waals surface area contributed by atoms with Crippen LogP contribution in [0.1, 0.15) is 33.5 Å². The van der Waals surface area contributed by atoms with Gasteiger partial charge in [0, 0.05) is 18.8 Å². The number of carbonyl (C=O) groups is 2. The summed E-state index contributed by atoms with van der Waals surface area (Å²) in [6, 6.07) is 31.9. The summed E-state index contributed by atoms with van der Waals surface area (Å²) < 4.78 is 4.43. The maximum absolute atomic E-state index is 11.8. The van der Waals surface area contributed by atoms with Gasteiger partial charge in [0.05, 0.1) is 19.6 Å². The van der Waals surface area contributed by atoms with Gasteiger partial charge in [-0.2, -0.15) is 5.26 Å². The molecule has 0 unspecified atom stereocenters. The molecule has 0 aliphatic rings. The fraction of sp³-hybridized carbons (Fsp3) is 0.107. The molecule has 4 aromatic rings. The van der Waals surface area contributed by atoms with Crippen LogP contribution in [0, 0.1) is 11.3 Å². The van der Waals surface area contributed by atoms with Gasteiger partial charge in [0.15, 0.2) is 5.78 Å². The van der Waals surface area contributed by atoms with Gasteiger partial charge in [0.25, 0.3) is 0 Å². The first kappa shape index (κ1) is 29.4. The minimum atomic E-state index is -0.402. The number of methoxy groups -OCH3 is 1. The molecule has 4 rings (SSSR count). The Balaban J connectivity index is 0.000000518. The van der Waals surface area contributed by atoms with Crippen LogP contribution in [0.3, 0.4) is 0 Å². The molecule has 0 aliphatic heterocycles. The number of hydrogen-bond acceptors (Lipinski definition) is 6. The number of nitrogens with zero attached hydrogens (tertiary/aromatic N) is 3. The molecular weight excluding hydrogens is 449 g/mol. The molecule has 0 fully saturated rings. The standard InChI is InChI=1S/C13H11NO.C8H7N.C7H7NO2.Na.H/c15-13(12-8-4-5-9-14-12)10-11-6-2-1-3-7-11;9-7-6-8-4-2-1-3-5-8;1-10-7(9)6-4-2-3-5-8-6;;/h1-9H,10H2;1-5H,6H2;2-5H,1H3;;/q;;;+1;-1. The molecule has 172 valence electrons. The van der Waals surface area contributed by atoms with E-state index in [9.17, 15) is 9.59 Å². The Bertz CT molecular complexity index is 1170. The van der Waals surface area contributed by atoms with E-state index < -0.39 is 5.97 Å². The Hall–Kier alpha value is -3.63. The van der Waals surface area contributed by atoms with E-state index in [1.807, 2.05) is 66.7 Å². The summed E-state index contributed by atoms with van der Waals surface area (Å²) in [6.45, 7) is 0. The van der Waals surface area contributed by atoms with E-state index >= 15 is 0 Å². The first-order chi connectivity index (χ1) is 16.6. The average Bonchev–Trinajstić information content (AvgIpc) is 2.91. The number of ketones is 1. The van der Waals surface area contributed by atoms with E-state index in [0.717, 1.165) is 11.1 Å². The number of Topliss-reactive ketones (excluding diaryl/α,β-unsaturated/α-hetero) is 1. The summed E-state index contributed by atoms with van der Waals surface area (Å²) >= 11 is 0. The van der Waals surface area contributed by atoms with Gasteiger partial charge in [-0.3, -0.25) is 9.78 Å². The van der Waals surface area contributed by atoms with Crippen molar-refractivity contribution in [1.82, 2.24) is 9.97 Å². The van der Waals surface area contributed by atoms with Crippen molar-refractivity contribution in [2.45, 2.75) is 12.8 Å². The van der Waals surface area contributed by atoms with E-state index in [-0.39, 0.29) is 36.8 Å². The summed E-state index contributed by atoms with van der Waals surface area (Å²) in [6.07, 6.45) is 4.11. The average molecular weight is 476 g/mol. The van der Waals surface area contributed by atoms with Gasteiger partial charge in [-0.05, 0) is 35.4 Å². The molecule has 2 aromatic heterocycles. The molecule has 0 N–H and O–H groups in total. The molecule has 0 atom stereocenters. The predicted molar refractivity (Wildman–Crippen MR) is 131 cm³/mol. The van der Waals surface area contributed by atoms with Gasteiger partial charge in [0.1, 0.15) is 11.4 Å². The Morgan fingerprint density at radius 2 is 1.26 bits per heavy atom. The topological polar surface area (TPSA) is 92.9 Å². The SMILES string of the molecule is COC(=O)c1ccccn1.N#CCc1ccccc1.O=C(Cc1ccccc1)c1ccccn1.[H-].[Na+]. The third-order valence-electron chi connectivity index (χ3n) is 4.34. The molecule has 2 heterocycles. The van der Waals surface area contributed by atoms with Crippen LogP contribution < -0.4 is 29.6 Å². The zero-order valence-electron chi connectivity index (χ0n) is 20.9. The van der Waals surface area contributed by atoms with E-state index in [1.165, 1.54) is 7.11 Å². The van der Waals surface area contributed by atoms with Crippen LogP contribution in [0.15, 0.2) is 109 Å². The van der Waals surface area contributed by atoms with Crippen LogP contribution in [0.25, 0.3) is 0 Å². The number of pyridine rings is 2. The fourth-order valence-electron chi connectivity index (χ4n) is 2.67. The minimum absolute atomic E-state index is 0. The minimum Gasteiger partial charge on any atom is -1.00 e. The van der Waals surface area contributed by atoms with Crippen molar-refractivity contribution in [3.63, 3.8) is 0 Å². The van der Waals surface area contributed by atoms with Crippen LogP contribution in [0.5, 0.6) is 0 Å². The monoisotopic (exact) mass is 475 g/mol. The molecule has 0 saturated carbocycles. The van der Waals surface area contributed by atoms with Crippen LogP contribution in [-0.4, -0.2) is 28.8 Å². The second-order valence-electron chi connectivity index (χ2n) is 6.83. The maximum Gasteiger partial charge on any atom is 1.00 e. The van der Waals surface area contributed by atoms with Crippen LogP contribution in [0.2, 0.25) is 0 Å². The number of carbonyl (C=O) groups excluding carboxylic acids is 2. The summed E-state index contributed by atoms with van der Waals surface area (Å²) in [5.74, 6) is -0.345. The largest absolute Gasteiger partial charge is 1.00 e. The van der Waals surface area contributed by atoms with Crippen LogP contribution >= 0.6 is 0 Å². The third-order valence-corrected chi connectivity index (χ3v) is 4.34. The van der Waals surface area contributed by atoms with E-state index in [2.05, 4.69) is 20.8 Å². The smallest absolute Gasteiger partial charge is 1.00 e. The Labute approximate surface area is 229 Å². The first-order valence-corrected chi connectivity index (χ1v) is 10.5. The van der Waals surface area contributed by atoms with Crippen molar-refractivity contribution in [2.75, 3.05) is 7.11 Å². The Morgan fingerprint density at radius 3 is 1.71 bits per heavy atom.